The van der Waals surface area contributed by atoms with Crippen LogP contribution in [0.5, 0.6) is 5.75 Å². The standard InChI is InChI=1S/C21H23ClN2O2S/c1-14-12-15(22)9-10-18(14)26-11-5-8-20(25)24-21-17(13-23)16-6-3-2-4-7-19(16)27-21/h9-10,12H,2-8,11H2,1H3,(H,24,25). The van der Waals surface area contributed by atoms with Crippen molar-refractivity contribution < 1.29 is 9.53 Å². The molecule has 0 saturated carbocycles. The zero-order chi connectivity index (χ0) is 19.2. The molecule has 0 bridgehead atoms. The van der Waals surface area contributed by atoms with Crippen molar-refractivity contribution in [2.24, 2.45) is 0 Å². The Bertz CT molecular complexity index is 870. The van der Waals surface area contributed by atoms with Gasteiger partial charge in [0.1, 0.15) is 16.8 Å². The number of ether oxygens (including phenoxy) is 1. The Kier molecular flexibility index (Phi) is 6.76. The molecule has 0 radical (unpaired) electrons. The number of thiophene rings is 1. The number of aryl methyl sites for hydroxylation is 2. The minimum atomic E-state index is -0.0701. The Morgan fingerprint density at radius 3 is 2.93 bits per heavy atom. The van der Waals surface area contributed by atoms with Gasteiger partial charge in [-0.3, -0.25) is 4.79 Å². The van der Waals surface area contributed by atoms with Crippen molar-refractivity contribution in [3.63, 3.8) is 0 Å². The highest BCUT2D eigenvalue weighted by Gasteiger charge is 2.20. The second kappa shape index (κ2) is 9.25. The highest BCUT2D eigenvalue weighted by atomic mass is 35.5. The van der Waals surface area contributed by atoms with Crippen LogP contribution in [0.4, 0.5) is 5.00 Å². The van der Waals surface area contributed by atoms with Crippen LogP contribution >= 0.6 is 22.9 Å². The van der Waals surface area contributed by atoms with Gasteiger partial charge in [0, 0.05) is 16.3 Å². The number of rotatable bonds is 6. The Balaban J connectivity index is 1.52. The number of hydrogen-bond acceptors (Lipinski definition) is 4. The van der Waals surface area contributed by atoms with E-state index in [0.29, 0.717) is 35.0 Å². The number of amides is 1. The fourth-order valence-corrected chi connectivity index (χ4v) is 4.81. The number of nitrogens with one attached hydrogen (secondary N) is 1. The van der Waals surface area contributed by atoms with Crippen LogP contribution in [0.25, 0.3) is 0 Å². The van der Waals surface area contributed by atoms with Crippen LogP contribution in [-0.4, -0.2) is 12.5 Å². The maximum Gasteiger partial charge on any atom is 0.225 e. The van der Waals surface area contributed by atoms with Gasteiger partial charge < -0.3 is 10.1 Å². The van der Waals surface area contributed by atoms with E-state index in [1.54, 1.807) is 17.4 Å². The number of benzene rings is 1. The summed E-state index contributed by atoms with van der Waals surface area (Å²) in [6.45, 7) is 2.40. The first-order valence-electron chi connectivity index (χ1n) is 9.32. The molecule has 4 nitrogen and oxygen atoms in total. The third kappa shape index (κ3) is 5.03. The summed E-state index contributed by atoms with van der Waals surface area (Å²) in [6.07, 6.45) is 6.42. The van der Waals surface area contributed by atoms with Gasteiger partial charge in [-0.15, -0.1) is 11.3 Å². The summed E-state index contributed by atoms with van der Waals surface area (Å²) in [5.41, 5.74) is 2.79. The van der Waals surface area contributed by atoms with Crippen LogP contribution in [-0.2, 0) is 17.6 Å². The van der Waals surface area contributed by atoms with Crippen LogP contribution < -0.4 is 10.1 Å². The average Bonchev–Trinajstić information content (AvgIpc) is 2.79. The first-order chi connectivity index (χ1) is 13.1. The molecule has 2 aromatic rings. The second-order valence-corrected chi connectivity index (χ2v) is 8.33. The topological polar surface area (TPSA) is 62.1 Å². The van der Waals surface area contributed by atoms with E-state index < -0.39 is 0 Å². The molecule has 1 heterocycles. The summed E-state index contributed by atoms with van der Waals surface area (Å²) in [4.78, 5) is 13.6. The van der Waals surface area contributed by atoms with Crippen molar-refractivity contribution in [1.29, 1.82) is 5.26 Å². The van der Waals surface area contributed by atoms with Crippen LogP contribution in [0.15, 0.2) is 18.2 Å². The van der Waals surface area contributed by atoms with Crippen molar-refractivity contribution in [1.82, 2.24) is 0 Å². The molecule has 0 aliphatic heterocycles. The summed E-state index contributed by atoms with van der Waals surface area (Å²) in [5.74, 6) is 0.716. The average molecular weight is 403 g/mol. The molecule has 1 amide bonds. The van der Waals surface area contributed by atoms with Gasteiger partial charge >= 0.3 is 0 Å². The molecule has 0 unspecified atom stereocenters. The molecule has 1 N–H and O–H groups in total. The lowest BCUT2D eigenvalue weighted by Crippen LogP contribution is -2.13. The number of carbonyl (C=O) groups excluding carboxylic acids is 1. The number of anilines is 1. The van der Waals surface area contributed by atoms with Gasteiger partial charge in [0.05, 0.1) is 12.2 Å². The van der Waals surface area contributed by atoms with Crippen LogP contribution in [0, 0.1) is 18.3 Å². The third-order valence-corrected chi connectivity index (χ3v) is 6.17. The Morgan fingerprint density at radius 2 is 2.15 bits per heavy atom. The highest BCUT2D eigenvalue weighted by Crippen LogP contribution is 2.37. The lowest BCUT2D eigenvalue weighted by molar-refractivity contribution is -0.116. The van der Waals surface area contributed by atoms with Crippen molar-refractivity contribution in [2.45, 2.75) is 51.9 Å². The van der Waals surface area contributed by atoms with E-state index in [1.165, 1.54) is 11.3 Å². The fraction of sp³-hybridized carbons (Fsp3) is 0.429. The van der Waals surface area contributed by atoms with Gasteiger partial charge in [-0.25, -0.2) is 0 Å². The zero-order valence-corrected chi connectivity index (χ0v) is 17.0. The van der Waals surface area contributed by atoms with Gasteiger partial charge in [0.2, 0.25) is 5.91 Å². The first kappa shape index (κ1) is 19.7. The monoisotopic (exact) mass is 402 g/mol. The molecule has 0 atom stereocenters. The smallest absolute Gasteiger partial charge is 0.225 e. The number of nitriles is 1. The molecule has 6 heteroatoms. The van der Waals surface area contributed by atoms with E-state index in [9.17, 15) is 10.1 Å². The van der Waals surface area contributed by atoms with Gasteiger partial charge in [0.25, 0.3) is 0 Å². The molecule has 27 heavy (non-hydrogen) atoms. The molecule has 142 valence electrons. The van der Waals surface area contributed by atoms with E-state index in [-0.39, 0.29) is 5.91 Å². The van der Waals surface area contributed by atoms with Crippen LogP contribution in [0.3, 0.4) is 0 Å². The van der Waals surface area contributed by atoms with E-state index in [0.717, 1.165) is 42.6 Å². The lowest BCUT2D eigenvalue weighted by atomic mass is 10.1. The predicted octanol–water partition coefficient (Wildman–Crippen LogP) is 5.65. The SMILES string of the molecule is Cc1cc(Cl)ccc1OCCCC(=O)Nc1sc2c(c1C#N)CCCCC2. The Morgan fingerprint density at radius 1 is 1.33 bits per heavy atom. The first-order valence-corrected chi connectivity index (χ1v) is 10.5. The van der Waals surface area contributed by atoms with E-state index in [4.69, 9.17) is 16.3 Å². The minimum absolute atomic E-state index is 0.0701. The molecule has 0 saturated heterocycles. The molecule has 1 aromatic carbocycles. The van der Waals surface area contributed by atoms with Gasteiger partial charge in [-0.2, -0.15) is 5.26 Å². The van der Waals surface area contributed by atoms with Crippen LogP contribution in [0.2, 0.25) is 5.02 Å². The maximum atomic E-state index is 12.3. The largest absolute Gasteiger partial charge is 0.493 e. The third-order valence-electron chi connectivity index (χ3n) is 4.73. The van der Waals surface area contributed by atoms with E-state index >= 15 is 0 Å². The zero-order valence-electron chi connectivity index (χ0n) is 15.4. The number of fused-ring (bicyclic) bond motifs is 1. The lowest BCUT2D eigenvalue weighted by Gasteiger charge is -2.09. The number of hydrogen-bond donors (Lipinski definition) is 1. The second-order valence-electron chi connectivity index (χ2n) is 6.79. The number of nitrogens with zero attached hydrogens (tertiary/aromatic N) is 1. The van der Waals surface area contributed by atoms with Crippen molar-refractivity contribution >= 4 is 33.8 Å². The van der Waals surface area contributed by atoms with Gasteiger partial charge in [0.15, 0.2) is 0 Å². The summed E-state index contributed by atoms with van der Waals surface area (Å²) < 4.78 is 5.73. The molecule has 0 spiro atoms. The van der Waals surface area contributed by atoms with Crippen molar-refractivity contribution in [3.8, 4) is 11.8 Å². The summed E-state index contributed by atoms with van der Waals surface area (Å²) in [7, 11) is 0. The molecule has 0 fully saturated rings. The summed E-state index contributed by atoms with van der Waals surface area (Å²) >= 11 is 7.51. The van der Waals surface area contributed by atoms with Gasteiger partial charge in [-0.05, 0) is 68.4 Å². The van der Waals surface area contributed by atoms with Crippen molar-refractivity contribution in [3.05, 3.63) is 44.8 Å². The number of carbonyl (C=O) groups is 1. The number of halogens is 1. The van der Waals surface area contributed by atoms with E-state index in [1.807, 2.05) is 19.1 Å². The Hall–Kier alpha value is -2.03. The molecule has 1 aliphatic carbocycles. The normalized spacial score (nSPS) is 13.4. The summed E-state index contributed by atoms with van der Waals surface area (Å²) in [6, 6.07) is 7.79. The van der Waals surface area contributed by atoms with Crippen LogP contribution in [0.1, 0.15) is 53.7 Å². The molecular weight excluding hydrogens is 380 g/mol. The minimum Gasteiger partial charge on any atom is -0.493 e. The molecule has 3 rings (SSSR count). The highest BCUT2D eigenvalue weighted by molar-refractivity contribution is 7.16. The maximum absolute atomic E-state index is 12.3. The molecular formula is C21H23ClN2O2S. The fourth-order valence-electron chi connectivity index (χ4n) is 3.33. The van der Waals surface area contributed by atoms with Crippen molar-refractivity contribution in [2.75, 3.05) is 11.9 Å². The predicted molar refractivity (Wildman–Crippen MR) is 110 cm³/mol. The Labute approximate surface area is 169 Å². The quantitative estimate of drug-likeness (QED) is 0.501. The van der Waals surface area contributed by atoms with Gasteiger partial charge in [-0.1, -0.05) is 18.0 Å². The summed E-state index contributed by atoms with van der Waals surface area (Å²) in [5, 5.41) is 13.9. The molecule has 1 aliphatic rings. The van der Waals surface area contributed by atoms with E-state index in [2.05, 4.69) is 11.4 Å². The molecule has 1 aromatic heterocycles.